The summed E-state index contributed by atoms with van der Waals surface area (Å²) in [4.78, 5) is 38.5. The molecule has 1 aromatic rings. The van der Waals surface area contributed by atoms with Crippen molar-refractivity contribution in [3.63, 3.8) is 0 Å². The fourth-order valence-corrected chi connectivity index (χ4v) is 8.17. The van der Waals surface area contributed by atoms with Crippen LogP contribution in [0.5, 0.6) is 0 Å². The van der Waals surface area contributed by atoms with Gasteiger partial charge in [-0.1, -0.05) is 110 Å². The number of allylic oxidation sites excluding steroid dienone is 4. The molecule has 0 bridgehead atoms. The molecule has 3 atom stereocenters. The maximum Gasteiger partial charge on any atom is 0.163 e. The normalized spacial score (nSPS) is 19.8. The minimum Gasteiger partial charge on any atom is -0.300 e. The molecule has 0 aromatic heterocycles. The Kier molecular flexibility index (Phi) is 13.7. The third kappa shape index (κ3) is 9.11. The maximum atomic E-state index is 13.9. The lowest BCUT2D eigenvalue weighted by atomic mass is 9.70. The Labute approximate surface area is 263 Å². The molecule has 3 aliphatic carbocycles. The Balaban J connectivity index is 0.00000162. The first-order valence-electron chi connectivity index (χ1n) is 17.6. The van der Waals surface area contributed by atoms with Crippen LogP contribution >= 0.6 is 0 Å². The van der Waals surface area contributed by atoms with Crippen molar-refractivity contribution in [3.8, 4) is 0 Å². The van der Waals surface area contributed by atoms with Gasteiger partial charge in [0.2, 0.25) is 0 Å². The van der Waals surface area contributed by atoms with Crippen LogP contribution < -0.4 is 0 Å². The number of hydrogen-bond acceptors (Lipinski definition) is 3. The Hall–Kier alpha value is -2.29. The summed E-state index contributed by atoms with van der Waals surface area (Å²) in [5, 5.41) is 0. The smallest absolute Gasteiger partial charge is 0.163 e. The summed E-state index contributed by atoms with van der Waals surface area (Å²) in [6, 6.07) is 2.40. The molecule has 1 fully saturated rings. The van der Waals surface area contributed by atoms with Crippen LogP contribution in [0.15, 0.2) is 23.8 Å². The van der Waals surface area contributed by atoms with Crippen molar-refractivity contribution in [2.24, 2.45) is 23.7 Å². The summed E-state index contributed by atoms with van der Waals surface area (Å²) in [6.45, 7) is 16.7. The van der Waals surface area contributed by atoms with Crippen LogP contribution in [0, 0.1) is 30.6 Å². The van der Waals surface area contributed by atoms with Gasteiger partial charge >= 0.3 is 0 Å². The highest BCUT2D eigenvalue weighted by Crippen LogP contribution is 2.43. The molecule has 43 heavy (non-hydrogen) atoms. The van der Waals surface area contributed by atoms with Crippen molar-refractivity contribution in [1.82, 2.24) is 0 Å². The van der Waals surface area contributed by atoms with Crippen molar-refractivity contribution < 1.29 is 14.4 Å². The predicted octanol–water partition coefficient (Wildman–Crippen LogP) is 11.0. The Morgan fingerprint density at radius 3 is 2.23 bits per heavy atom. The lowest BCUT2D eigenvalue weighted by Gasteiger charge is -2.33. The molecule has 3 nitrogen and oxygen atoms in total. The van der Waals surface area contributed by atoms with Gasteiger partial charge < -0.3 is 0 Å². The van der Waals surface area contributed by atoms with E-state index in [1.807, 2.05) is 0 Å². The quantitative estimate of drug-likeness (QED) is 0.215. The van der Waals surface area contributed by atoms with E-state index in [-0.39, 0.29) is 41.5 Å². The number of hydrogen-bond donors (Lipinski definition) is 0. The molecule has 0 heterocycles. The van der Waals surface area contributed by atoms with Gasteiger partial charge in [-0.15, -0.1) is 0 Å². The Bertz CT molecular complexity index is 1190. The average molecular weight is 589 g/mol. The van der Waals surface area contributed by atoms with Gasteiger partial charge in [0.25, 0.3) is 0 Å². The van der Waals surface area contributed by atoms with E-state index in [0.29, 0.717) is 12.3 Å². The molecule has 4 rings (SSSR count). The van der Waals surface area contributed by atoms with Gasteiger partial charge in [-0.05, 0) is 97.5 Å². The first-order chi connectivity index (χ1) is 20.5. The summed E-state index contributed by atoms with van der Waals surface area (Å²) in [5.74, 6) is 1.92. The SMILES string of the molecule is CCC.CCCC(CC1CC(=O)c2c(C)c(C3=CC=C(CC4CCCC4)C3)cc(C(C)C)c2C1)C(CC)C(=O)CC(C)=O. The first kappa shape index (κ1) is 35.2. The van der Waals surface area contributed by atoms with Gasteiger partial charge in [-0.25, -0.2) is 0 Å². The van der Waals surface area contributed by atoms with Crippen molar-refractivity contribution in [2.45, 2.75) is 151 Å². The van der Waals surface area contributed by atoms with Gasteiger partial charge in [-0.2, -0.15) is 0 Å². The van der Waals surface area contributed by atoms with E-state index in [0.717, 1.165) is 55.6 Å². The van der Waals surface area contributed by atoms with E-state index < -0.39 is 0 Å². The van der Waals surface area contributed by atoms with Crippen molar-refractivity contribution >= 4 is 22.9 Å². The molecule has 0 radical (unpaired) electrons. The van der Waals surface area contributed by atoms with Crippen LogP contribution in [0.1, 0.15) is 170 Å². The molecule has 1 aromatic carbocycles. The van der Waals surface area contributed by atoms with Crippen LogP contribution in [0.3, 0.4) is 0 Å². The van der Waals surface area contributed by atoms with E-state index in [2.05, 4.69) is 66.7 Å². The highest BCUT2D eigenvalue weighted by Gasteiger charge is 2.35. The molecular formula is C40H60O3. The largest absolute Gasteiger partial charge is 0.300 e. The molecular weight excluding hydrogens is 528 g/mol. The van der Waals surface area contributed by atoms with E-state index in [1.165, 1.54) is 67.7 Å². The van der Waals surface area contributed by atoms with Crippen LogP contribution in [-0.2, 0) is 16.0 Å². The summed E-state index contributed by atoms with van der Waals surface area (Å²) < 4.78 is 0. The second-order valence-electron chi connectivity index (χ2n) is 14.2. The number of benzene rings is 1. The number of carbonyl (C=O) groups excluding carboxylic acids is 3. The molecule has 0 amide bonds. The standard InChI is InChI=1S/C37H52O3.C3H8/c1-7-11-29(31(8-2)35(39)16-24(5)38)19-28-20-34-32(23(3)4)22-33(25(6)37(34)36(40)21-28)30-15-14-27(18-30)17-26-12-9-10-13-26;1-3-2/h14-15,22-23,26,28-29,31H,7-13,16-21H2,1-6H3;3H2,1-2H3. The minimum atomic E-state index is -0.0886. The fraction of sp³-hybridized carbons (Fsp3) is 0.675. The van der Waals surface area contributed by atoms with Crippen molar-refractivity contribution in [2.75, 3.05) is 0 Å². The second-order valence-corrected chi connectivity index (χ2v) is 14.2. The fourth-order valence-electron chi connectivity index (χ4n) is 8.17. The molecule has 3 heteroatoms. The van der Waals surface area contributed by atoms with Crippen LogP contribution in [0.25, 0.3) is 5.57 Å². The third-order valence-corrected chi connectivity index (χ3v) is 10.0. The number of fused-ring (bicyclic) bond motifs is 1. The van der Waals surface area contributed by atoms with Gasteiger partial charge in [0.1, 0.15) is 11.6 Å². The van der Waals surface area contributed by atoms with Gasteiger partial charge in [-0.3, -0.25) is 14.4 Å². The average Bonchev–Trinajstić information content (AvgIpc) is 3.62. The summed E-state index contributed by atoms with van der Waals surface area (Å²) in [5.41, 5.74) is 8.94. The summed E-state index contributed by atoms with van der Waals surface area (Å²) in [6.07, 6.45) is 18.8. The van der Waals surface area contributed by atoms with Gasteiger partial charge in [0, 0.05) is 17.9 Å². The monoisotopic (exact) mass is 588 g/mol. The molecule has 0 aliphatic heterocycles. The molecule has 3 unspecified atom stereocenters. The second kappa shape index (κ2) is 16.7. The molecule has 0 N–H and O–H groups in total. The lowest BCUT2D eigenvalue weighted by Crippen LogP contribution is -2.30. The zero-order chi connectivity index (χ0) is 31.7. The Morgan fingerprint density at radius 2 is 1.65 bits per heavy atom. The number of rotatable bonds is 13. The predicted molar refractivity (Wildman–Crippen MR) is 182 cm³/mol. The zero-order valence-electron chi connectivity index (χ0n) is 28.7. The Morgan fingerprint density at radius 1 is 0.977 bits per heavy atom. The zero-order valence-corrected chi connectivity index (χ0v) is 28.7. The van der Waals surface area contributed by atoms with E-state index >= 15 is 0 Å². The molecule has 1 saturated carbocycles. The molecule has 238 valence electrons. The van der Waals surface area contributed by atoms with Crippen molar-refractivity contribution in [3.05, 3.63) is 51.6 Å². The van der Waals surface area contributed by atoms with Crippen LogP contribution in [-0.4, -0.2) is 17.3 Å². The maximum absolute atomic E-state index is 13.9. The van der Waals surface area contributed by atoms with Gasteiger partial charge in [0.15, 0.2) is 5.78 Å². The number of ketones is 3. The van der Waals surface area contributed by atoms with E-state index in [9.17, 15) is 14.4 Å². The van der Waals surface area contributed by atoms with Crippen LogP contribution in [0.2, 0.25) is 0 Å². The molecule has 0 spiro atoms. The van der Waals surface area contributed by atoms with Gasteiger partial charge in [0.05, 0.1) is 6.42 Å². The number of carbonyl (C=O) groups is 3. The highest BCUT2D eigenvalue weighted by molar-refractivity contribution is 6.02. The topological polar surface area (TPSA) is 51.2 Å². The third-order valence-electron chi connectivity index (χ3n) is 10.0. The van der Waals surface area contributed by atoms with Crippen LogP contribution in [0.4, 0.5) is 0 Å². The van der Waals surface area contributed by atoms with Crippen molar-refractivity contribution in [1.29, 1.82) is 0 Å². The summed E-state index contributed by atoms with van der Waals surface area (Å²) >= 11 is 0. The first-order valence-corrected chi connectivity index (χ1v) is 17.6. The minimum absolute atomic E-state index is 0.0394. The highest BCUT2D eigenvalue weighted by atomic mass is 16.1. The summed E-state index contributed by atoms with van der Waals surface area (Å²) in [7, 11) is 0. The molecule has 3 aliphatic rings. The number of Topliss-reactive ketones (excluding diaryl/α,β-unsaturated/α-hetero) is 3. The van der Waals surface area contributed by atoms with E-state index in [1.54, 1.807) is 5.57 Å². The molecule has 0 saturated heterocycles. The van der Waals surface area contributed by atoms with E-state index in [4.69, 9.17) is 0 Å². The lowest BCUT2D eigenvalue weighted by molar-refractivity contribution is -0.129.